The predicted octanol–water partition coefficient (Wildman–Crippen LogP) is 3.31. The SMILES string of the molecule is CC(C(=O)NC1CCC(C(=O)O)CC1)c1ccc(Br)cc1. The zero-order valence-corrected chi connectivity index (χ0v) is 13.6. The first-order valence-corrected chi connectivity index (χ1v) is 8.05. The van der Waals surface area contributed by atoms with Crippen LogP contribution in [0, 0.1) is 5.92 Å². The van der Waals surface area contributed by atoms with Gasteiger partial charge in [0, 0.05) is 10.5 Å². The van der Waals surface area contributed by atoms with Gasteiger partial charge in [0.05, 0.1) is 11.8 Å². The first-order chi connectivity index (χ1) is 9.97. The van der Waals surface area contributed by atoms with E-state index in [1.807, 2.05) is 31.2 Å². The first-order valence-electron chi connectivity index (χ1n) is 7.26. The van der Waals surface area contributed by atoms with E-state index in [2.05, 4.69) is 21.2 Å². The normalized spacial score (nSPS) is 23.3. The molecule has 1 saturated carbocycles. The van der Waals surface area contributed by atoms with Gasteiger partial charge in [-0.05, 0) is 50.3 Å². The third-order valence-corrected chi connectivity index (χ3v) is 4.71. The summed E-state index contributed by atoms with van der Waals surface area (Å²) < 4.78 is 0.992. The van der Waals surface area contributed by atoms with Gasteiger partial charge in [-0.25, -0.2) is 0 Å². The molecule has 21 heavy (non-hydrogen) atoms. The van der Waals surface area contributed by atoms with Crippen LogP contribution >= 0.6 is 15.9 Å². The Balaban J connectivity index is 1.87. The standard InChI is InChI=1S/C16H20BrNO3/c1-10(11-2-6-13(17)7-3-11)15(19)18-14-8-4-12(5-9-14)16(20)21/h2-3,6-7,10,12,14H,4-5,8-9H2,1H3,(H,18,19)(H,20,21). The molecule has 1 fully saturated rings. The van der Waals surface area contributed by atoms with Gasteiger partial charge in [0.1, 0.15) is 0 Å². The van der Waals surface area contributed by atoms with E-state index in [1.54, 1.807) is 0 Å². The highest BCUT2D eigenvalue weighted by Crippen LogP contribution is 2.25. The van der Waals surface area contributed by atoms with Crippen LogP contribution in [0.15, 0.2) is 28.7 Å². The molecule has 1 aliphatic carbocycles. The van der Waals surface area contributed by atoms with Crippen LogP contribution < -0.4 is 5.32 Å². The molecule has 4 nitrogen and oxygen atoms in total. The Morgan fingerprint density at radius 3 is 2.29 bits per heavy atom. The molecule has 0 spiro atoms. The second kappa shape index (κ2) is 7.07. The highest BCUT2D eigenvalue weighted by atomic mass is 79.9. The monoisotopic (exact) mass is 353 g/mol. The molecule has 0 radical (unpaired) electrons. The van der Waals surface area contributed by atoms with Crippen molar-refractivity contribution in [1.29, 1.82) is 0 Å². The number of carboxylic acid groups (broad SMARTS) is 1. The van der Waals surface area contributed by atoms with Crippen LogP contribution in [-0.2, 0) is 9.59 Å². The van der Waals surface area contributed by atoms with E-state index in [9.17, 15) is 9.59 Å². The molecule has 0 aromatic heterocycles. The number of hydrogen-bond acceptors (Lipinski definition) is 2. The summed E-state index contributed by atoms with van der Waals surface area (Å²) in [5.41, 5.74) is 0.981. The number of carbonyl (C=O) groups is 2. The van der Waals surface area contributed by atoms with Crippen LogP contribution in [0.25, 0.3) is 0 Å². The van der Waals surface area contributed by atoms with Crippen molar-refractivity contribution in [3.05, 3.63) is 34.3 Å². The van der Waals surface area contributed by atoms with Crippen molar-refractivity contribution < 1.29 is 14.7 Å². The summed E-state index contributed by atoms with van der Waals surface area (Å²) in [5.74, 6) is -1.16. The van der Waals surface area contributed by atoms with E-state index in [0.717, 1.165) is 22.9 Å². The van der Waals surface area contributed by atoms with Crippen LogP contribution in [0.3, 0.4) is 0 Å². The number of hydrogen-bond donors (Lipinski definition) is 2. The van der Waals surface area contributed by atoms with Crippen molar-refractivity contribution in [2.24, 2.45) is 5.92 Å². The number of rotatable bonds is 4. The van der Waals surface area contributed by atoms with Gasteiger partial charge < -0.3 is 10.4 Å². The van der Waals surface area contributed by atoms with Gasteiger partial charge in [0.25, 0.3) is 0 Å². The molecule has 1 aliphatic rings. The number of nitrogens with one attached hydrogen (secondary N) is 1. The maximum Gasteiger partial charge on any atom is 0.306 e. The minimum atomic E-state index is -0.719. The number of carbonyl (C=O) groups excluding carboxylic acids is 1. The molecule has 5 heteroatoms. The summed E-state index contributed by atoms with van der Waals surface area (Å²) in [6.45, 7) is 1.89. The highest BCUT2D eigenvalue weighted by molar-refractivity contribution is 9.10. The second-order valence-corrected chi connectivity index (χ2v) is 6.58. The minimum Gasteiger partial charge on any atom is -0.481 e. The van der Waals surface area contributed by atoms with Gasteiger partial charge in [0.15, 0.2) is 0 Å². The fourth-order valence-electron chi connectivity index (χ4n) is 2.71. The van der Waals surface area contributed by atoms with Gasteiger partial charge in [-0.1, -0.05) is 28.1 Å². The van der Waals surface area contributed by atoms with Gasteiger partial charge in [-0.3, -0.25) is 9.59 Å². The molecule has 0 heterocycles. The molecule has 1 aromatic carbocycles. The number of aliphatic carboxylic acids is 1. The lowest BCUT2D eigenvalue weighted by Crippen LogP contribution is -2.40. The molecule has 0 aliphatic heterocycles. The lowest BCUT2D eigenvalue weighted by Gasteiger charge is -2.28. The van der Waals surface area contributed by atoms with Crippen molar-refractivity contribution >= 4 is 27.8 Å². The third-order valence-electron chi connectivity index (χ3n) is 4.19. The molecular weight excluding hydrogens is 334 g/mol. The van der Waals surface area contributed by atoms with E-state index in [-0.39, 0.29) is 23.8 Å². The summed E-state index contributed by atoms with van der Waals surface area (Å²) in [5, 5.41) is 12.0. The molecular formula is C16H20BrNO3. The molecule has 2 N–H and O–H groups in total. The van der Waals surface area contributed by atoms with Crippen molar-refractivity contribution in [1.82, 2.24) is 5.32 Å². The zero-order chi connectivity index (χ0) is 15.4. The van der Waals surface area contributed by atoms with E-state index in [1.165, 1.54) is 0 Å². The number of benzene rings is 1. The van der Waals surface area contributed by atoms with Crippen LogP contribution in [0.2, 0.25) is 0 Å². The van der Waals surface area contributed by atoms with Crippen LogP contribution in [0.4, 0.5) is 0 Å². The molecule has 2 rings (SSSR count). The maximum atomic E-state index is 12.3. The van der Waals surface area contributed by atoms with Crippen molar-refractivity contribution in [3.63, 3.8) is 0 Å². The van der Waals surface area contributed by atoms with E-state index < -0.39 is 5.97 Å². The van der Waals surface area contributed by atoms with Crippen LogP contribution in [0.1, 0.15) is 44.1 Å². The van der Waals surface area contributed by atoms with E-state index in [4.69, 9.17) is 5.11 Å². The zero-order valence-electron chi connectivity index (χ0n) is 12.0. The van der Waals surface area contributed by atoms with Crippen molar-refractivity contribution in [2.75, 3.05) is 0 Å². The Labute approximate surface area is 133 Å². The van der Waals surface area contributed by atoms with Crippen LogP contribution in [-0.4, -0.2) is 23.0 Å². The predicted molar refractivity (Wildman–Crippen MR) is 84.1 cm³/mol. The first kappa shape index (κ1) is 16.0. The van der Waals surface area contributed by atoms with Gasteiger partial charge in [0.2, 0.25) is 5.91 Å². The molecule has 0 saturated heterocycles. The lowest BCUT2D eigenvalue weighted by molar-refractivity contribution is -0.142. The average molecular weight is 354 g/mol. The van der Waals surface area contributed by atoms with E-state index in [0.29, 0.717) is 12.8 Å². The topological polar surface area (TPSA) is 66.4 Å². The summed E-state index contributed by atoms with van der Waals surface area (Å²) >= 11 is 3.38. The Kier molecular flexibility index (Phi) is 5.39. The summed E-state index contributed by atoms with van der Waals surface area (Å²) in [6, 6.07) is 7.84. The third kappa shape index (κ3) is 4.30. The van der Waals surface area contributed by atoms with Crippen molar-refractivity contribution in [2.45, 2.75) is 44.6 Å². The molecule has 1 amide bonds. The average Bonchev–Trinajstić information content (AvgIpc) is 2.47. The van der Waals surface area contributed by atoms with Gasteiger partial charge >= 0.3 is 5.97 Å². The minimum absolute atomic E-state index is 0.0103. The summed E-state index contributed by atoms with van der Waals surface area (Å²) in [6.07, 6.45) is 2.78. The number of halogens is 1. The van der Waals surface area contributed by atoms with Crippen LogP contribution in [0.5, 0.6) is 0 Å². The largest absolute Gasteiger partial charge is 0.481 e. The van der Waals surface area contributed by atoms with Crippen molar-refractivity contribution in [3.8, 4) is 0 Å². The lowest BCUT2D eigenvalue weighted by atomic mass is 9.86. The summed E-state index contributed by atoms with van der Waals surface area (Å²) in [7, 11) is 0. The van der Waals surface area contributed by atoms with Gasteiger partial charge in [-0.15, -0.1) is 0 Å². The highest BCUT2D eigenvalue weighted by Gasteiger charge is 2.27. The second-order valence-electron chi connectivity index (χ2n) is 5.67. The maximum absolute atomic E-state index is 12.3. The summed E-state index contributed by atoms with van der Waals surface area (Å²) in [4.78, 5) is 23.2. The fraction of sp³-hybridized carbons (Fsp3) is 0.500. The number of amides is 1. The molecule has 1 atom stereocenters. The molecule has 1 aromatic rings. The Morgan fingerprint density at radius 1 is 1.19 bits per heavy atom. The fourth-order valence-corrected chi connectivity index (χ4v) is 2.98. The number of carboxylic acids is 1. The molecule has 114 valence electrons. The van der Waals surface area contributed by atoms with Gasteiger partial charge in [-0.2, -0.15) is 0 Å². The molecule has 0 bridgehead atoms. The quantitative estimate of drug-likeness (QED) is 0.872. The Morgan fingerprint density at radius 2 is 1.76 bits per heavy atom. The van der Waals surface area contributed by atoms with E-state index >= 15 is 0 Å². The molecule has 1 unspecified atom stereocenters. The Bertz CT molecular complexity index is 507. The Hall–Kier alpha value is -1.36. The smallest absolute Gasteiger partial charge is 0.306 e.